The molecular weight excluding hydrogens is 354 g/mol. The number of aromatic nitrogens is 1. The van der Waals surface area contributed by atoms with Gasteiger partial charge in [0.1, 0.15) is 5.82 Å². The second-order valence-electron chi connectivity index (χ2n) is 6.77. The topological polar surface area (TPSA) is 52.6 Å². The van der Waals surface area contributed by atoms with Crippen LogP contribution in [0.5, 0.6) is 0 Å². The van der Waals surface area contributed by atoms with E-state index in [-0.39, 0.29) is 0 Å². The second-order valence-corrected chi connectivity index (χ2v) is 7.75. The highest BCUT2D eigenvalue weighted by Gasteiger charge is 2.10. The number of hydrogen-bond acceptors (Lipinski definition) is 4. The van der Waals surface area contributed by atoms with Crippen molar-refractivity contribution in [3.8, 4) is 0 Å². The van der Waals surface area contributed by atoms with Crippen molar-refractivity contribution >= 4 is 34.0 Å². The van der Waals surface area contributed by atoms with Crippen molar-refractivity contribution in [2.75, 3.05) is 32.6 Å². The Balaban J connectivity index is 1.69. The molecule has 0 aliphatic heterocycles. The summed E-state index contributed by atoms with van der Waals surface area (Å²) in [6, 6.07) is 14.7. The predicted molar refractivity (Wildman–Crippen MR) is 117 cm³/mol. The van der Waals surface area contributed by atoms with Gasteiger partial charge in [-0.05, 0) is 29.1 Å². The zero-order valence-corrected chi connectivity index (χ0v) is 17.2. The molecule has 0 amide bonds. The number of aliphatic imine (C=N–C) groups is 1. The van der Waals surface area contributed by atoms with Crippen molar-refractivity contribution in [2.24, 2.45) is 4.99 Å². The molecule has 3 aromatic rings. The van der Waals surface area contributed by atoms with Crippen LogP contribution in [-0.2, 0) is 6.54 Å². The Labute approximate surface area is 165 Å². The van der Waals surface area contributed by atoms with E-state index in [4.69, 9.17) is 4.98 Å². The molecule has 2 heterocycles. The van der Waals surface area contributed by atoms with Gasteiger partial charge in [-0.15, -0.1) is 11.3 Å². The molecule has 1 aromatic carbocycles. The van der Waals surface area contributed by atoms with Crippen LogP contribution in [0, 0.1) is 0 Å². The molecule has 0 bridgehead atoms. The Bertz CT molecular complexity index is 902. The maximum absolute atomic E-state index is 4.72. The van der Waals surface area contributed by atoms with Crippen molar-refractivity contribution < 1.29 is 0 Å². The van der Waals surface area contributed by atoms with Crippen molar-refractivity contribution in [3.63, 3.8) is 0 Å². The largest absolute Gasteiger partial charge is 0.363 e. The van der Waals surface area contributed by atoms with E-state index in [1.807, 2.05) is 25.1 Å². The fourth-order valence-corrected chi connectivity index (χ4v) is 3.72. The minimum atomic E-state index is 0.450. The third-order valence-corrected chi connectivity index (χ3v) is 5.62. The number of fused-ring (bicyclic) bond motifs is 1. The van der Waals surface area contributed by atoms with E-state index < -0.39 is 0 Å². The quantitative estimate of drug-likeness (QED) is 0.503. The summed E-state index contributed by atoms with van der Waals surface area (Å²) in [7, 11) is 5.84. The molecule has 3 rings (SSSR count). The summed E-state index contributed by atoms with van der Waals surface area (Å²) in [5, 5.41) is 10.2. The summed E-state index contributed by atoms with van der Waals surface area (Å²) in [6.45, 7) is 3.77. The summed E-state index contributed by atoms with van der Waals surface area (Å²) in [5.41, 5.74) is 2.22. The Morgan fingerprint density at radius 1 is 1.19 bits per heavy atom. The van der Waals surface area contributed by atoms with Gasteiger partial charge in [-0.1, -0.05) is 31.2 Å². The minimum absolute atomic E-state index is 0.450. The molecule has 27 heavy (non-hydrogen) atoms. The first-order valence-corrected chi connectivity index (χ1v) is 10.0. The number of para-hydroxylation sites is 1. The Morgan fingerprint density at radius 3 is 2.70 bits per heavy atom. The van der Waals surface area contributed by atoms with Crippen molar-refractivity contribution in [1.82, 2.24) is 15.6 Å². The third kappa shape index (κ3) is 4.77. The minimum Gasteiger partial charge on any atom is -0.363 e. The Hall–Kier alpha value is -2.60. The molecule has 0 spiro atoms. The number of nitrogens with one attached hydrogen (secondary N) is 2. The summed E-state index contributed by atoms with van der Waals surface area (Å²) >= 11 is 1.79. The number of anilines is 1. The van der Waals surface area contributed by atoms with Crippen LogP contribution in [-0.4, -0.2) is 38.6 Å². The molecule has 1 atom stereocenters. The predicted octanol–water partition coefficient (Wildman–Crippen LogP) is 3.83. The highest BCUT2D eigenvalue weighted by molar-refractivity contribution is 7.10. The fraction of sp³-hybridized carbons (Fsp3) is 0.333. The molecule has 0 aliphatic rings. The van der Waals surface area contributed by atoms with E-state index in [1.54, 1.807) is 18.4 Å². The molecule has 0 aliphatic carbocycles. The molecule has 0 saturated carbocycles. The standard InChI is InChI=1S/C21H27N5S/c1-15(19-10-7-11-27-19)13-23-21(22-2)24-14-16-12-20(26(3)4)25-18-9-6-5-8-17(16)18/h5-12,15H,13-14H2,1-4H3,(H2,22,23,24). The highest BCUT2D eigenvalue weighted by Crippen LogP contribution is 2.22. The van der Waals surface area contributed by atoms with Crippen molar-refractivity contribution in [1.29, 1.82) is 0 Å². The van der Waals surface area contributed by atoms with Crippen LogP contribution in [0.25, 0.3) is 10.9 Å². The molecular formula is C21H27N5S. The van der Waals surface area contributed by atoms with Gasteiger partial charge >= 0.3 is 0 Å². The number of nitrogens with zero attached hydrogens (tertiary/aromatic N) is 3. The van der Waals surface area contributed by atoms with E-state index in [0.29, 0.717) is 12.5 Å². The average molecular weight is 382 g/mol. The summed E-state index contributed by atoms with van der Waals surface area (Å²) in [5.74, 6) is 2.22. The number of benzene rings is 1. The maximum atomic E-state index is 4.72. The summed E-state index contributed by atoms with van der Waals surface area (Å²) in [6.07, 6.45) is 0. The van der Waals surface area contributed by atoms with Gasteiger partial charge in [0.25, 0.3) is 0 Å². The van der Waals surface area contributed by atoms with Crippen LogP contribution in [0.1, 0.15) is 23.3 Å². The van der Waals surface area contributed by atoms with E-state index in [1.165, 1.54) is 10.4 Å². The Morgan fingerprint density at radius 2 is 2.00 bits per heavy atom. The molecule has 2 N–H and O–H groups in total. The lowest BCUT2D eigenvalue weighted by Gasteiger charge is -2.18. The lowest BCUT2D eigenvalue weighted by molar-refractivity contribution is 0.709. The highest BCUT2D eigenvalue weighted by atomic mass is 32.1. The molecule has 6 heteroatoms. The fourth-order valence-electron chi connectivity index (χ4n) is 2.93. The van der Waals surface area contributed by atoms with E-state index in [9.17, 15) is 0 Å². The zero-order valence-electron chi connectivity index (χ0n) is 16.4. The van der Waals surface area contributed by atoms with E-state index >= 15 is 0 Å². The van der Waals surface area contributed by atoms with E-state index in [0.717, 1.165) is 29.2 Å². The van der Waals surface area contributed by atoms with Crippen LogP contribution >= 0.6 is 11.3 Å². The van der Waals surface area contributed by atoms with Crippen molar-refractivity contribution in [3.05, 3.63) is 58.3 Å². The summed E-state index contributed by atoms with van der Waals surface area (Å²) < 4.78 is 0. The molecule has 142 valence electrons. The molecule has 2 aromatic heterocycles. The van der Waals surface area contributed by atoms with Gasteiger partial charge in [0, 0.05) is 50.4 Å². The van der Waals surface area contributed by atoms with Gasteiger partial charge in [-0.25, -0.2) is 4.98 Å². The number of hydrogen-bond donors (Lipinski definition) is 2. The maximum Gasteiger partial charge on any atom is 0.191 e. The SMILES string of the molecule is CN=C(NCc1cc(N(C)C)nc2ccccc12)NCC(C)c1cccs1. The first-order valence-electron chi connectivity index (χ1n) is 9.12. The second kappa shape index (κ2) is 8.86. The van der Waals surface area contributed by atoms with E-state index in [2.05, 4.69) is 64.3 Å². The normalized spacial score (nSPS) is 12.8. The van der Waals surface area contributed by atoms with Crippen LogP contribution < -0.4 is 15.5 Å². The van der Waals surface area contributed by atoms with Crippen LogP contribution in [0.2, 0.25) is 0 Å². The third-order valence-electron chi connectivity index (χ3n) is 4.52. The van der Waals surface area contributed by atoms with Gasteiger partial charge in [0.15, 0.2) is 5.96 Å². The summed E-state index contributed by atoms with van der Waals surface area (Å²) in [4.78, 5) is 12.5. The molecule has 1 unspecified atom stereocenters. The van der Waals surface area contributed by atoms with Gasteiger partial charge in [0.05, 0.1) is 5.52 Å². The number of rotatable bonds is 6. The van der Waals surface area contributed by atoms with Gasteiger partial charge in [0.2, 0.25) is 0 Å². The molecule has 0 fully saturated rings. The number of pyridine rings is 1. The average Bonchev–Trinajstić information content (AvgIpc) is 3.22. The van der Waals surface area contributed by atoms with Crippen LogP contribution in [0.3, 0.4) is 0 Å². The lowest BCUT2D eigenvalue weighted by Crippen LogP contribution is -2.38. The van der Waals surface area contributed by atoms with Gasteiger partial charge < -0.3 is 15.5 Å². The van der Waals surface area contributed by atoms with Crippen molar-refractivity contribution in [2.45, 2.75) is 19.4 Å². The van der Waals surface area contributed by atoms with Gasteiger partial charge in [-0.3, -0.25) is 4.99 Å². The monoisotopic (exact) mass is 381 g/mol. The molecule has 0 radical (unpaired) electrons. The number of guanidine groups is 1. The molecule has 0 saturated heterocycles. The molecule has 5 nitrogen and oxygen atoms in total. The smallest absolute Gasteiger partial charge is 0.191 e. The Kier molecular flexibility index (Phi) is 6.29. The number of thiophene rings is 1. The first kappa shape index (κ1) is 19.2. The van der Waals surface area contributed by atoms with Crippen LogP contribution in [0.15, 0.2) is 52.8 Å². The van der Waals surface area contributed by atoms with Crippen LogP contribution in [0.4, 0.5) is 5.82 Å². The zero-order chi connectivity index (χ0) is 19.2. The van der Waals surface area contributed by atoms with Gasteiger partial charge in [-0.2, -0.15) is 0 Å². The first-order chi connectivity index (χ1) is 13.1. The lowest BCUT2D eigenvalue weighted by atomic mass is 10.1.